The van der Waals surface area contributed by atoms with Crippen LogP contribution >= 0.6 is 0 Å². The Morgan fingerprint density at radius 3 is 2.23 bits per heavy atom. The molecule has 0 bridgehead atoms. The van der Waals surface area contributed by atoms with E-state index in [4.69, 9.17) is 0 Å². The van der Waals surface area contributed by atoms with Crippen molar-refractivity contribution in [1.82, 2.24) is 4.90 Å². The molecule has 142 valence electrons. The van der Waals surface area contributed by atoms with Gasteiger partial charge in [0.05, 0.1) is 0 Å². The van der Waals surface area contributed by atoms with Gasteiger partial charge in [-0.3, -0.25) is 9.59 Å². The van der Waals surface area contributed by atoms with Gasteiger partial charge in [-0.05, 0) is 56.4 Å². The highest BCUT2D eigenvalue weighted by Gasteiger charge is 2.25. The third-order valence-corrected chi connectivity index (χ3v) is 5.61. The first-order chi connectivity index (χ1) is 12.6. The van der Waals surface area contributed by atoms with Gasteiger partial charge in [0, 0.05) is 37.4 Å². The van der Waals surface area contributed by atoms with Gasteiger partial charge < -0.3 is 15.1 Å². The number of nitrogens with zero attached hydrogens (tertiary/aromatic N) is 2. The Hall–Kier alpha value is -2.04. The maximum atomic E-state index is 12.4. The Kier molecular flexibility index (Phi) is 6.53. The Labute approximate surface area is 156 Å². The van der Waals surface area contributed by atoms with E-state index >= 15 is 0 Å². The average molecular weight is 357 g/mol. The minimum Gasteiger partial charge on any atom is -0.372 e. The van der Waals surface area contributed by atoms with Crippen LogP contribution in [0, 0.1) is 0 Å². The fraction of sp³-hybridized carbons (Fsp3) is 0.619. The summed E-state index contributed by atoms with van der Waals surface area (Å²) in [6, 6.07) is 8.28. The van der Waals surface area contributed by atoms with Crippen molar-refractivity contribution < 1.29 is 9.59 Å². The third kappa shape index (κ3) is 4.99. The highest BCUT2D eigenvalue weighted by atomic mass is 16.2. The van der Waals surface area contributed by atoms with Gasteiger partial charge in [-0.2, -0.15) is 0 Å². The van der Waals surface area contributed by atoms with Crippen molar-refractivity contribution in [2.45, 2.75) is 64.3 Å². The minimum absolute atomic E-state index is 0.00695. The molecule has 5 heteroatoms. The van der Waals surface area contributed by atoms with Crippen molar-refractivity contribution in [1.29, 1.82) is 0 Å². The molecule has 2 amide bonds. The molecule has 1 saturated carbocycles. The van der Waals surface area contributed by atoms with Crippen LogP contribution in [-0.4, -0.2) is 42.4 Å². The molecule has 26 heavy (non-hydrogen) atoms. The SMILES string of the molecule is CC(=O)N(CC(=O)Nc1ccc(N2CCCCC2)cc1)C1CCCCC1. The van der Waals surface area contributed by atoms with Crippen LogP contribution in [0.4, 0.5) is 11.4 Å². The number of nitrogens with one attached hydrogen (secondary N) is 1. The third-order valence-electron chi connectivity index (χ3n) is 5.61. The van der Waals surface area contributed by atoms with Crippen LogP contribution in [0.3, 0.4) is 0 Å². The number of benzene rings is 1. The number of carbonyl (C=O) groups excluding carboxylic acids is 2. The highest BCUT2D eigenvalue weighted by Crippen LogP contribution is 2.24. The molecule has 1 N–H and O–H groups in total. The predicted molar refractivity (Wildman–Crippen MR) is 105 cm³/mol. The standard InChI is InChI=1S/C21H31N3O2/c1-17(25)24(20-8-4-2-5-9-20)16-21(26)22-18-10-12-19(13-11-18)23-14-6-3-7-15-23/h10-13,20H,2-9,14-16H2,1H3,(H,22,26). The van der Waals surface area contributed by atoms with E-state index in [2.05, 4.69) is 22.3 Å². The second kappa shape index (κ2) is 9.06. The van der Waals surface area contributed by atoms with Gasteiger partial charge in [0.2, 0.25) is 11.8 Å². The molecule has 1 heterocycles. The van der Waals surface area contributed by atoms with Crippen molar-refractivity contribution in [3.63, 3.8) is 0 Å². The van der Waals surface area contributed by atoms with Crippen LogP contribution in [0.5, 0.6) is 0 Å². The molecule has 1 aliphatic carbocycles. The molecule has 0 radical (unpaired) electrons. The molecule has 0 unspecified atom stereocenters. The van der Waals surface area contributed by atoms with Gasteiger partial charge >= 0.3 is 0 Å². The monoisotopic (exact) mass is 357 g/mol. The first kappa shape index (κ1) is 18.7. The van der Waals surface area contributed by atoms with E-state index in [1.54, 1.807) is 11.8 Å². The molecule has 3 rings (SSSR count). The minimum atomic E-state index is -0.114. The zero-order valence-electron chi connectivity index (χ0n) is 15.9. The lowest BCUT2D eigenvalue weighted by Gasteiger charge is -2.33. The lowest BCUT2D eigenvalue weighted by molar-refractivity contribution is -0.135. The topological polar surface area (TPSA) is 52.7 Å². The lowest BCUT2D eigenvalue weighted by atomic mass is 9.94. The van der Waals surface area contributed by atoms with E-state index < -0.39 is 0 Å². The molecular formula is C21H31N3O2. The van der Waals surface area contributed by atoms with Crippen LogP contribution < -0.4 is 10.2 Å². The van der Waals surface area contributed by atoms with Crippen molar-refractivity contribution >= 4 is 23.2 Å². The van der Waals surface area contributed by atoms with E-state index in [-0.39, 0.29) is 24.4 Å². The smallest absolute Gasteiger partial charge is 0.244 e. The first-order valence-electron chi connectivity index (χ1n) is 10.1. The molecule has 2 fully saturated rings. The summed E-state index contributed by atoms with van der Waals surface area (Å²) in [7, 11) is 0. The van der Waals surface area contributed by atoms with Crippen molar-refractivity contribution in [3.05, 3.63) is 24.3 Å². The van der Waals surface area contributed by atoms with Crippen LogP contribution in [-0.2, 0) is 9.59 Å². The van der Waals surface area contributed by atoms with Crippen molar-refractivity contribution in [2.24, 2.45) is 0 Å². The van der Waals surface area contributed by atoms with E-state index in [1.165, 1.54) is 31.4 Å². The molecular weight excluding hydrogens is 326 g/mol. The Morgan fingerprint density at radius 2 is 1.62 bits per heavy atom. The van der Waals surface area contributed by atoms with Crippen LogP contribution in [0.25, 0.3) is 0 Å². The summed E-state index contributed by atoms with van der Waals surface area (Å²) in [6.45, 7) is 3.94. The number of amides is 2. The Morgan fingerprint density at radius 1 is 1.00 bits per heavy atom. The Balaban J connectivity index is 1.55. The number of rotatable bonds is 5. The van der Waals surface area contributed by atoms with E-state index in [0.717, 1.165) is 44.5 Å². The Bertz CT molecular complexity index is 602. The molecule has 1 aliphatic heterocycles. The molecule has 0 spiro atoms. The zero-order valence-corrected chi connectivity index (χ0v) is 15.9. The summed E-state index contributed by atoms with van der Waals surface area (Å²) < 4.78 is 0. The van der Waals surface area contributed by atoms with Crippen LogP contribution in [0.1, 0.15) is 58.3 Å². The first-order valence-corrected chi connectivity index (χ1v) is 10.1. The summed E-state index contributed by atoms with van der Waals surface area (Å²) in [5, 5.41) is 2.95. The second-order valence-electron chi connectivity index (χ2n) is 7.58. The normalized spacial score (nSPS) is 18.4. The number of piperidine rings is 1. The molecule has 0 atom stereocenters. The largest absolute Gasteiger partial charge is 0.372 e. The predicted octanol–water partition coefficient (Wildman–Crippen LogP) is 3.80. The van der Waals surface area contributed by atoms with E-state index in [1.807, 2.05) is 12.1 Å². The summed E-state index contributed by atoms with van der Waals surface area (Å²) in [5.41, 5.74) is 2.01. The molecule has 1 aromatic carbocycles. The second-order valence-corrected chi connectivity index (χ2v) is 7.58. The van der Waals surface area contributed by atoms with Gasteiger partial charge in [-0.15, -0.1) is 0 Å². The summed E-state index contributed by atoms with van der Waals surface area (Å²) in [5.74, 6) is -0.121. The average Bonchev–Trinajstić information content (AvgIpc) is 2.68. The van der Waals surface area contributed by atoms with Gasteiger partial charge in [-0.1, -0.05) is 19.3 Å². The maximum absolute atomic E-state index is 12.4. The zero-order chi connectivity index (χ0) is 18.4. The lowest BCUT2D eigenvalue weighted by Crippen LogP contribution is -2.44. The van der Waals surface area contributed by atoms with Gasteiger partial charge in [0.1, 0.15) is 6.54 Å². The molecule has 1 aromatic rings. The quantitative estimate of drug-likeness (QED) is 0.872. The fourth-order valence-electron chi connectivity index (χ4n) is 4.15. The van der Waals surface area contributed by atoms with Crippen molar-refractivity contribution in [2.75, 3.05) is 29.9 Å². The number of hydrogen-bond acceptors (Lipinski definition) is 3. The van der Waals surface area contributed by atoms with Crippen LogP contribution in [0.2, 0.25) is 0 Å². The number of carbonyl (C=O) groups is 2. The van der Waals surface area contributed by atoms with E-state index in [0.29, 0.717) is 0 Å². The molecule has 2 aliphatic rings. The fourth-order valence-corrected chi connectivity index (χ4v) is 4.15. The van der Waals surface area contributed by atoms with E-state index in [9.17, 15) is 9.59 Å². The molecule has 0 aromatic heterocycles. The van der Waals surface area contributed by atoms with Crippen LogP contribution in [0.15, 0.2) is 24.3 Å². The van der Waals surface area contributed by atoms with Gasteiger partial charge in [-0.25, -0.2) is 0 Å². The summed E-state index contributed by atoms with van der Waals surface area (Å²) in [4.78, 5) is 28.6. The summed E-state index contributed by atoms with van der Waals surface area (Å²) >= 11 is 0. The van der Waals surface area contributed by atoms with Gasteiger partial charge in [0.15, 0.2) is 0 Å². The number of anilines is 2. The van der Waals surface area contributed by atoms with Gasteiger partial charge in [0.25, 0.3) is 0 Å². The molecule has 5 nitrogen and oxygen atoms in total. The highest BCUT2D eigenvalue weighted by molar-refractivity contribution is 5.94. The maximum Gasteiger partial charge on any atom is 0.244 e. The van der Waals surface area contributed by atoms with Crippen molar-refractivity contribution in [3.8, 4) is 0 Å². The summed E-state index contributed by atoms with van der Waals surface area (Å²) in [6.07, 6.45) is 9.37. The number of hydrogen-bond donors (Lipinski definition) is 1. The molecule has 1 saturated heterocycles.